The summed E-state index contributed by atoms with van der Waals surface area (Å²) in [5.41, 5.74) is 7.22. The van der Waals surface area contributed by atoms with E-state index in [0.717, 1.165) is 22.2 Å². The summed E-state index contributed by atoms with van der Waals surface area (Å²) in [5, 5.41) is 10.4. The minimum atomic E-state index is -0.305. The van der Waals surface area contributed by atoms with Crippen LogP contribution >= 0.6 is 0 Å². The van der Waals surface area contributed by atoms with Crippen molar-refractivity contribution in [1.29, 1.82) is 0 Å². The molecule has 0 fully saturated rings. The maximum Gasteiger partial charge on any atom is 0.255 e. The molecule has 0 saturated carbocycles. The molecule has 7 aromatic rings. The van der Waals surface area contributed by atoms with Crippen molar-refractivity contribution in [3.8, 4) is 33.9 Å². The second-order valence-electron chi connectivity index (χ2n) is 9.10. The lowest BCUT2D eigenvalue weighted by Crippen LogP contribution is -2.11. The summed E-state index contributed by atoms with van der Waals surface area (Å²) in [5.74, 6) is -0.0329. The molecule has 0 radical (unpaired) electrons. The van der Waals surface area contributed by atoms with Gasteiger partial charge in [0.1, 0.15) is 16.9 Å². The van der Waals surface area contributed by atoms with Crippen molar-refractivity contribution in [3.63, 3.8) is 0 Å². The molecule has 5 aromatic heterocycles. The van der Waals surface area contributed by atoms with E-state index in [1.807, 2.05) is 42.5 Å². The molecule has 0 atom stereocenters. The molecule has 1 amide bonds. The average Bonchev–Trinajstić information content (AvgIpc) is 3.62. The van der Waals surface area contributed by atoms with Crippen molar-refractivity contribution in [3.05, 3.63) is 109 Å². The summed E-state index contributed by atoms with van der Waals surface area (Å²) in [6.45, 7) is 0. The van der Waals surface area contributed by atoms with Gasteiger partial charge in [-0.1, -0.05) is 30.3 Å². The summed E-state index contributed by atoms with van der Waals surface area (Å²) in [7, 11) is 0. The maximum atomic E-state index is 13.5. The van der Waals surface area contributed by atoms with Crippen molar-refractivity contribution in [1.82, 2.24) is 35.1 Å². The van der Waals surface area contributed by atoms with Gasteiger partial charge in [-0.15, -0.1) is 0 Å². The quantitative estimate of drug-likeness (QED) is 0.252. The number of halogens is 1. The number of carbonyl (C=O) groups excluding carboxylic acids is 1. The molecule has 7 rings (SSSR count). The van der Waals surface area contributed by atoms with E-state index in [0.29, 0.717) is 45.1 Å². The normalized spacial score (nSPS) is 11.2. The van der Waals surface area contributed by atoms with Gasteiger partial charge in [0.05, 0.1) is 23.1 Å². The van der Waals surface area contributed by atoms with Gasteiger partial charge in [0, 0.05) is 29.1 Å². The van der Waals surface area contributed by atoms with Crippen LogP contribution in [0.3, 0.4) is 0 Å². The highest BCUT2D eigenvalue weighted by molar-refractivity contribution is 6.04. The molecule has 0 aliphatic carbocycles. The maximum absolute atomic E-state index is 13.5. The van der Waals surface area contributed by atoms with Crippen LogP contribution in [-0.4, -0.2) is 41.0 Å². The summed E-state index contributed by atoms with van der Waals surface area (Å²) in [6.07, 6.45) is 4.96. The zero-order chi connectivity index (χ0) is 27.1. The fraction of sp³-hybridized carbons (Fsp3) is 0. The van der Waals surface area contributed by atoms with Gasteiger partial charge in [0.15, 0.2) is 17.2 Å². The number of H-pyrrole nitrogens is 2. The Labute approximate surface area is 226 Å². The SMILES string of the molecule is O=C(Nc1cncc(-c2ccc3[nH]nc(-c4nc5c(-c6ccc(F)cc6)ccnc5[nH]4)c3n2)c1)c1ccccc1. The van der Waals surface area contributed by atoms with E-state index in [2.05, 4.69) is 30.5 Å². The van der Waals surface area contributed by atoms with E-state index in [9.17, 15) is 9.18 Å². The van der Waals surface area contributed by atoms with Crippen molar-refractivity contribution in [2.45, 2.75) is 0 Å². The first-order valence-electron chi connectivity index (χ1n) is 12.4. The monoisotopic (exact) mass is 526 g/mol. The molecule has 0 spiro atoms. The number of pyridine rings is 3. The minimum Gasteiger partial charge on any atom is -0.321 e. The van der Waals surface area contributed by atoms with Crippen LogP contribution in [-0.2, 0) is 0 Å². The van der Waals surface area contributed by atoms with Crippen molar-refractivity contribution in [2.24, 2.45) is 0 Å². The number of nitrogens with zero attached hydrogens (tertiary/aromatic N) is 5. The molecule has 2 aromatic carbocycles. The summed E-state index contributed by atoms with van der Waals surface area (Å²) >= 11 is 0. The number of aromatic nitrogens is 7. The second kappa shape index (κ2) is 9.52. The lowest BCUT2D eigenvalue weighted by atomic mass is 10.1. The first kappa shape index (κ1) is 23.4. The van der Waals surface area contributed by atoms with Gasteiger partial charge in [-0.05, 0) is 54.1 Å². The first-order chi connectivity index (χ1) is 19.6. The highest BCUT2D eigenvalue weighted by Crippen LogP contribution is 2.31. The molecule has 3 N–H and O–H groups in total. The van der Waals surface area contributed by atoms with Gasteiger partial charge in [0.25, 0.3) is 5.91 Å². The average molecular weight is 527 g/mol. The van der Waals surface area contributed by atoms with Gasteiger partial charge < -0.3 is 10.3 Å². The van der Waals surface area contributed by atoms with Gasteiger partial charge in [-0.25, -0.2) is 19.3 Å². The lowest BCUT2D eigenvalue weighted by molar-refractivity contribution is 0.102. The van der Waals surface area contributed by atoms with Gasteiger partial charge in [0.2, 0.25) is 0 Å². The molecular weight excluding hydrogens is 507 g/mol. The number of hydrogen-bond donors (Lipinski definition) is 3. The number of fused-ring (bicyclic) bond motifs is 2. The summed E-state index contributed by atoms with van der Waals surface area (Å²) in [6, 6.07) is 22.6. The number of carbonyl (C=O) groups is 1. The van der Waals surface area contributed by atoms with E-state index < -0.39 is 0 Å². The molecule has 0 aliphatic heterocycles. The Morgan fingerprint density at radius 3 is 2.55 bits per heavy atom. The molecular formula is C30H19FN8O. The van der Waals surface area contributed by atoms with Gasteiger partial charge in [-0.2, -0.15) is 5.10 Å². The van der Waals surface area contributed by atoms with Crippen LogP contribution in [0.4, 0.5) is 10.1 Å². The molecule has 40 heavy (non-hydrogen) atoms. The molecule has 0 aliphatic rings. The lowest BCUT2D eigenvalue weighted by Gasteiger charge is -2.07. The smallest absolute Gasteiger partial charge is 0.255 e. The van der Waals surface area contributed by atoms with Crippen LogP contribution in [0.2, 0.25) is 0 Å². The van der Waals surface area contributed by atoms with Crippen molar-refractivity contribution in [2.75, 3.05) is 5.32 Å². The second-order valence-corrected chi connectivity index (χ2v) is 9.10. The predicted octanol–water partition coefficient (Wildman–Crippen LogP) is 6.02. The van der Waals surface area contributed by atoms with Crippen LogP contribution in [0.15, 0.2) is 97.5 Å². The Balaban J connectivity index is 1.25. The van der Waals surface area contributed by atoms with E-state index >= 15 is 0 Å². The van der Waals surface area contributed by atoms with Crippen molar-refractivity contribution >= 4 is 33.8 Å². The van der Waals surface area contributed by atoms with Crippen LogP contribution in [0.25, 0.3) is 56.1 Å². The highest BCUT2D eigenvalue weighted by Gasteiger charge is 2.18. The van der Waals surface area contributed by atoms with Gasteiger partial charge in [-0.3, -0.25) is 14.9 Å². The zero-order valence-electron chi connectivity index (χ0n) is 20.8. The van der Waals surface area contributed by atoms with E-state index in [4.69, 9.17) is 9.97 Å². The third-order valence-electron chi connectivity index (χ3n) is 6.50. The van der Waals surface area contributed by atoms with E-state index in [-0.39, 0.29) is 11.7 Å². The Bertz CT molecular complexity index is 2020. The largest absolute Gasteiger partial charge is 0.321 e. The highest BCUT2D eigenvalue weighted by atomic mass is 19.1. The van der Waals surface area contributed by atoms with Crippen LogP contribution in [0, 0.1) is 5.82 Å². The van der Waals surface area contributed by atoms with E-state index in [1.54, 1.807) is 42.9 Å². The van der Waals surface area contributed by atoms with Crippen LogP contribution in [0.1, 0.15) is 10.4 Å². The number of nitrogens with one attached hydrogen (secondary N) is 3. The fourth-order valence-corrected chi connectivity index (χ4v) is 4.55. The number of benzene rings is 2. The van der Waals surface area contributed by atoms with Gasteiger partial charge >= 0.3 is 0 Å². The number of rotatable bonds is 5. The van der Waals surface area contributed by atoms with E-state index in [1.165, 1.54) is 12.1 Å². The molecule has 5 heterocycles. The fourth-order valence-electron chi connectivity index (χ4n) is 4.55. The minimum absolute atomic E-state index is 0.224. The standard InChI is InChI=1S/C30H19FN8O/c31-20-8-6-17(7-9-20)22-12-13-33-28-25(22)36-29(37-28)27-26-24(38-39-27)11-10-23(35-26)19-14-21(16-32-15-19)34-30(40)18-4-2-1-3-5-18/h1-16H,(H,34,40)(H,38,39)(H,33,36,37). The molecule has 10 heteroatoms. The first-order valence-corrected chi connectivity index (χ1v) is 12.4. The van der Waals surface area contributed by atoms with Crippen molar-refractivity contribution < 1.29 is 9.18 Å². The van der Waals surface area contributed by atoms with Crippen LogP contribution < -0.4 is 5.32 Å². The number of anilines is 1. The Morgan fingerprint density at radius 1 is 0.850 bits per heavy atom. The molecule has 0 bridgehead atoms. The molecule has 192 valence electrons. The third kappa shape index (κ3) is 4.23. The predicted molar refractivity (Wildman–Crippen MR) is 150 cm³/mol. The molecule has 0 saturated heterocycles. The summed E-state index contributed by atoms with van der Waals surface area (Å²) < 4.78 is 13.5. The Hall–Kier alpha value is -5.77. The Kier molecular flexibility index (Phi) is 5.56. The number of amides is 1. The zero-order valence-corrected chi connectivity index (χ0v) is 20.8. The topological polar surface area (TPSA) is 125 Å². The number of aromatic amines is 2. The molecule has 9 nitrogen and oxygen atoms in total. The number of hydrogen-bond acceptors (Lipinski definition) is 6. The Morgan fingerprint density at radius 2 is 1.70 bits per heavy atom. The third-order valence-corrected chi connectivity index (χ3v) is 6.50. The van der Waals surface area contributed by atoms with Crippen LogP contribution in [0.5, 0.6) is 0 Å². The molecule has 0 unspecified atom stereocenters. The summed E-state index contributed by atoms with van der Waals surface area (Å²) in [4.78, 5) is 34.2. The number of imidazole rings is 1.